The zero-order valence-corrected chi connectivity index (χ0v) is 13.0. The number of carboxylic acids is 2. The molecule has 120 valence electrons. The van der Waals surface area contributed by atoms with E-state index < -0.39 is 41.3 Å². The van der Waals surface area contributed by atoms with Crippen molar-refractivity contribution >= 4 is 11.9 Å². The molecule has 0 saturated carbocycles. The van der Waals surface area contributed by atoms with E-state index in [0.717, 1.165) is 0 Å². The molecule has 5 atom stereocenters. The van der Waals surface area contributed by atoms with Crippen LogP contribution in [0.3, 0.4) is 0 Å². The van der Waals surface area contributed by atoms with Gasteiger partial charge in [-0.3, -0.25) is 9.59 Å². The van der Waals surface area contributed by atoms with Gasteiger partial charge in [0.05, 0.1) is 24.2 Å². The number of carboxylic acid groups (broad SMARTS) is 2. The van der Waals surface area contributed by atoms with Crippen LogP contribution in [0.2, 0.25) is 0 Å². The SMILES string of the molecule is CC(CC(C#N)C(=O)O)N=NC(C)C(C)C(C)(C#N)C(=O)O. The Bertz CT molecular complexity index is 534. The largest absolute Gasteiger partial charge is 0.480 e. The second-order valence-electron chi connectivity index (χ2n) is 5.48. The smallest absolute Gasteiger partial charge is 0.324 e. The summed E-state index contributed by atoms with van der Waals surface area (Å²) in [5, 5.41) is 43.6. The van der Waals surface area contributed by atoms with Crippen LogP contribution in [-0.4, -0.2) is 34.2 Å². The number of carbonyl (C=O) groups is 2. The molecule has 0 fully saturated rings. The molecule has 0 aliphatic heterocycles. The highest BCUT2D eigenvalue weighted by molar-refractivity contribution is 5.78. The van der Waals surface area contributed by atoms with Gasteiger partial charge in [0.25, 0.3) is 0 Å². The number of azo groups is 1. The number of rotatable bonds is 8. The van der Waals surface area contributed by atoms with Crippen molar-refractivity contribution in [2.45, 2.75) is 46.2 Å². The third kappa shape index (κ3) is 4.81. The first-order valence-corrected chi connectivity index (χ1v) is 6.77. The zero-order valence-electron chi connectivity index (χ0n) is 13.0. The standard InChI is InChI=1S/C14H20N4O4/c1-8(5-11(6-15)12(19)20)17-18-10(3)9(2)14(4,7-16)13(21)22/h8-11H,5H2,1-4H3,(H,19,20)(H,21,22). The lowest BCUT2D eigenvalue weighted by atomic mass is 9.76. The summed E-state index contributed by atoms with van der Waals surface area (Å²) in [7, 11) is 0. The molecule has 0 saturated heterocycles. The van der Waals surface area contributed by atoms with Crippen molar-refractivity contribution in [2.24, 2.45) is 27.5 Å². The van der Waals surface area contributed by atoms with Gasteiger partial charge in [-0.2, -0.15) is 20.8 Å². The summed E-state index contributed by atoms with van der Waals surface area (Å²) in [5.41, 5.74) is -1.59. The van der Waals surface area contributed by atoms with Crippen molar-refractivity contribution in [1.29, 1.82) is 10.5 Å². The fourth-order valence-corrected chi connectivity index (χ4v) is 1.74. The van der Waals surface area contributed by atoms with Gasteiger partial charge in [-0.1, -0.05) is 6.92 Å². The molecular formula is C14H20N4O4. The Labute approximate surface area is 129 Å². The second-order valence-corrected chi connectivity index (χ2v) is 5.48. The van der Waals surface area contributed by atoms with Crippen molar-refractivity contribution in [2.75, 3.05) is 0 Å². The van der Waals surface area contributed by atoms with E-state index in [0.29, 0.717) is 0 Å². The quantitative estimate of drug-likeness (QED) is 0.656. The van der Waals surface area contributed by atoms with Crippen molar-refractivity contribution in [1.82, 2.24) is 0 Å². The Kier molecular flexibility index (Phi) is 7.17. The molecule has 0 aliphatic rings. The van der Waals surface area contributed by atoms with E-state index in [2.05, 4.69) is 10.2 Å². The molecule has 5 unspecified atom stereocenters. The van der Waals surface area contributed by atoms with Gasteiger partial charge in [0.1, 0.15) is 5.92 Å². The molecule has 8 heteroatoms. The van der Waals surface area contributed by atoms with Crippen molar-refractivity contribution in [3.63, 3.8) is 0 Å². The lowest BCUT2D eigenvalue weighted by Crippen LogP contribution is -2.37. The third-order valence-corrected chi connectivity index (χ3v) is 3.79. The summed E-state index contributed by atoms with van der Waals surface area (Å²) in [6.45, 7) is 6.18. The average molecular weight is 308 g/mol. The minimum Gasteiger partial charge on any atom is -0.480 e. The maximum Gasteiger partial charge on any atom is 0.324 e. The van der Waals surface area contributed by atoms with Gasteiger partial charge >= 0.3 is 11.9 Å². The minimum absolute atomic E-state index is 0.0187. The molecule has 0 aromatic rings. The van der Waals surface area contributed by atoms with Crippen LogP contribution >= 0.6 is 0 Å². The second kappa shape index (κ2) is 8.08. The molecule has 0 radical (unpaired) electrons. The van der Waals surface area contributed by atoms with Crippen molar-refractivity contribution < 1.29 is 19.8 Å². The van der Waals surface area contributed by atoms with Crippen molar-refractivity contribution in [3.8, 4) is 12.1 Å². The van der Waals surface area contributed by atoms with E-state index >= 15 is 0 Å². The molecule has 0 heterocycles. The fraction of sp³-hybridized carbons (Fsp3) is 0.714. The third-order valence-electron chi connectivity index (χ3n) is 3.79. The molecule has 8 nitrogen and oxygen atoms in total. The molecular weight excluding hydrogens is 288 g/mol. The van der Waals surface area contributed by atoms with Crippen LogP contribution in [0.5, 0.6) is 0 Å². The lowest BCUT2D eigenvalue weighted by molar-refractivity contribution is -0.147. The first-order chi connectivity index (χ1) is 10.1. The molecule has 22 heavy (non-hydrogen) atoms. The van der Waals surface area contributed by atoms with E-state index in [1.165, 1.54) is 6.92 Å². The molecule has 0 aromatic heterocycles. The lowest BCUT2D eigenvalue weighted by Gasteiger charge is -2.26. The Balaban J connectivity index is 4.88. The van der Waals surface area contributed by atoms with Crippen LogP contribution < -0.4 is 0 Å². The molecule has 0 amide bonds. The van der Waals surface area contributed by atoms with Gasteiger partial charge in [0.15, 0.2) is 5.41 Å². The van der Waals surface area contributed by atoms with Crippen LogP contribution in [0.1, 0.15) is 34.1 Å². The maximum atomic E-state index is 11.2. The number of hydrogen-bond acceptors (Lipinski definition) is 6. The van der Waals surface area contributed by atoms with E-state index in [-0.39, 0.29) is 6.42 Å². The van der Waals surface area contributed by atoms with Crippen LogP contribution in [0, 0.1) is 39.9 Å². The number of nitrogens with zero attached hydrogens (tertiary/aromatic N) is 4. The minimum atomic E-state index is -1.59. The van der Waals surface area contributed by atoms with Crippen LogP contribution in [0.4, 0.5) is 0 Å². The summed E-state index contributed by atoms with van der Waals surface area (Å²) in [6, 6.07) is 2.42. The molecule has 0 aromatic carbocycles. The maximum absolute atomic E-state index is 11.2. The van der Waals surface area contributed by atoms with E-state index in [9.17, 15) is 9.59 Å². The zero-order chi connectivity index (χ0) is 17.5. The Morgan fingerprint density at radius 3 is 2.09 bits per heavy atom. The predicted molar refractivity (Wildman–Crippen MR) is 75.7 cm³/mol. The van der Waals surface area contributed by atoms with E-state index in [1.807, 2.05) is 0 Å². The Morgan fingerprint density at radius 2 is 1.73 bits per heavy atom. The first kappa shape index (κ1) is 19.5. The van der Waals surface area contributed by atoms with Crippen LogP contribution in [0.25, 0.3) is 0 Å². The molecule has 2 N–H and O–H groups in total. The normalized spacial score (nSPS) is 19.2. The van der Waals surface area contributed by atoms with E-state index in [1.54, 1.807) is 32.9 Å². The average Bonchev–Trinajstić information content (AvgIpc) is 2.47. The van der Waals surface area contributed by atoms with Crippen LogP contribution in [0.15, 0.2) is 10.2 Å². The first-order valence-electron chi connectivity index (χ1n) is 6.77. The van der Waals surface area contributed by atoms with Crippen molar-refractivity contribution in [3.05, 3.63) is 0 Å². The number of aliphatic carboxylic acids is 2. The fourth-order valence-electron chi connectivity index (χ4n) is 1.74. The Hall–Kier alpha value is -2.48. The summed E-state index contributed by atoms with van der Waals surface area (Å²) in [5.74, 6) is -4.19. The highest BCUT2D eigenvalue weighted by Crippen LogP contribution is 2.31. The molecule has 0 bridgehead atoms. The molecule has 0 spiro atoms. The van der Waals surface area contributed by atoms with E-state index in [4.69, 9.17) is 20.7 Å². The number of nitriles is 2. The van der Waals surface area contributed by atoms with Gasteiger partial charge in [-0.25, -0.2) is 0 Å². The van der Waals surface area contributed by atoms with Gasteiger partial charge in [-0.15, -0.1) is 0 Å². The van der Waals surface area contributed by atoms with Gasteiger partial charge in [-0.05, 0) is 27.2 Å². The summed E-state index contributed by atoms with van der Waals surface area (Å²) < 4.78 is 0. The highest BCUT2D eigenvalue weighted by Gasteiger charge is 2.42. The Morgan fingerprint density at radius 1 is 1.18 bits per heavy atom. The molecule has 0 rings (SSSR count). The van der Waals surface area contributed by atoms with Gasteiger partial charge < -0.3 is 10.2 Å². The predicted octanol–water partition coefficient (Wildman–Crippen LogP) is 2.08. The van der Waals surface area contributed by atoms with Crippen LogP contribution in [-0.2, 0) is 9.59 Å². The van der Waals surface area contributed by atoms with Gasteiger partial charge in [0, 0.05) is 5.92 Å². The monoisotopic (exact) mass is 308 g/mol. The van der Waals surface area contributed by atoms with Gasteiger partial charge in [0.2, 0.25) is 0 Å². The summed E-state index contributed by atoms with van der Waals surface area (Å²) in [6.07, 6.45) is 0.0187. The topological polar surface area (TPSA) is 147 Å². The molecule has 0 aliphatic carbocycles. The highest BCUT2D eigenvalue weighted by atomic mass is 16.4. The summed E-state index contributed by atoms with van der Waals surface area (Å²) in [4.78, 5) is 22.0. The number of hydrogen-bond donors (Lipinski definition) is 2. The summed E-state index contributed by atoms with van der Waals surface area (Å²) >= 11 is 0.